The minimum absolute atomic E-state index is 0.214. The van der Waals surface area contributed by atoms with Crippen LogP contribution in [0.5, 0.6) is 0 Å². The van der Waals surface area contributed by atoms with Gasteiger partial charge in [-0.1, -0.05) is 30.3 Å². The number of nitrogens with one attached hydrogen (secondary N) is 1. The summed E-state index contributed by atoms with van der Waals surface area (Å²) in [5.41, 5.74) is 6.58. The number of hydrogen-bond acceptors (Lipinski definition) is 2. The summed E-state index contributed by atoms with van der Waals surface area (Å²) < 4.78 is 3.33. The van der Waals surface area contributed by atoms with E-state index in [2.05, 4.69) is 81.0 Å². The molecular weight excluding hydrogens is 449 g/mol. The number of carbonyl (C=O) groups excluding carboxylic acids is 1. The Bertz CT molecular complexity index is 1180. The van der Waals surface area contributed by atoms with Gasteiger partial charge in [0.15, 0.2) is 0 Å². The molecule has 3 aromatic carbocycles. The summed E-state index contributed by atoms with van der Waals surface area (Å²) >= 11 is 2.19. The maximum absolute atomic E-state index is 12.2. The summed E-state index contributed by atoms with van der Waals surface area (Å²) in [7, 11) is 0. The summed E-state index contributed by atoms with van der Waals surface area (Å²) in [4.78, 5) is 12.2. The molecule has 0 spiro atoms. The highest BCUT2D eigenvalue weighted by atomic mass is 127. The van der Waals surface area contributed by atoms with E-state index in [-0.39, 0.29) is 5.91 Å². The minimum atomic E-state index is -0.214. The van der Waals surface area contributed by atoms with Crippen LogP contribution in [0.2, 0.25) is 0 Å². The highest BCUT2D eigenvalue weighted by Crippen LogP contribution is 2.29. The number of fused-ring (bicyclic) bond motifs is 3. The predicted molar refractivity (Wildman–Crippen MR) is 119 cm³/mol. The van der Waals surface area contributed by atoms with E-state index in [9.17, 15) is 4.79 Å². The number of benzene rings is 3. The van der Waals surface area contributed by atoms with Gasteiger partial charge in [0.05, 0.1) is 6.21 Å². The van der Waals surface area contributed by atoms with Gasteiger partial charge in [0.25, 0.3) is 5.91 Å². The summed E-state index contributed by atoms with van der Waals surface area (Å²) in [5, 5.41) is 6.55. The quantitative estimate of drug-likeness (QED) is 0.251. The van der Waals surface area contributed by atoms with Crippen LogP contribution in [0.3, 0.4) is 0 Å². The van der Waals surface area contributed by atoms with Crippen LogP contribution < -0.4 is 5.43 Å². The molecule has 0 saturated heterocycles. The van der Waals surface area contributed by atoms with Crippen molar-refractivity contribution in [1.82, 2.24) is 9.99 Å². The molecule has 0 atom stereocenters. The molecule has 4 rings (SSSR count). The van der Waals surface area contributed by atoms with Crippen molar-refractivity contribution in [2.75, 3.05) is 0 Å². The van der Waals surface area contributed by atoms with Crippen LogP contribution >= 0.6 is 22.6 Å². The number of carbonyl (C=O) groups is 1. The molecule has 0 saturated carbocycles. The normalized spacial score (nSPS) is 11.5. The second-order valence-electron chi connectivity index (χ2n) is 6.25. The molecule has 1 aromatic heterocycles. The van der Waals surface area contributed by atoms with Gasteiger partial charge in [0.1, 0.15) is 0 Å². The molecule has 4 nitrogen and oxygen atoms in total. The second-order valence-corrected chi connectivity index (χ2v) is 7.49. The van der Waals surface area contributed by atoms with Crippen LogP contribution in [0, 0.1) is 3.57 Å². The summed E-state index contributed by atoms with van der Waals surface area (Å²) in [6.45, 7) is 3.07. The van der Waals surface area contributed by atoms with Crippen LogP contribution in [0.1, 0.15) is 22.8 Å². The van der Waals surface area contributed by atoms with Crippen molar-refractivity contribution in [3.63, 3.8) is 0 Å². The number of hydrazone groups is 1. The van der Waals surface area contributed by atoms with Crippen molar-refractivity contribution in [1.29, 1.82) is 0 Å². The number of halogens is 1. The fraction of sp³-hybridized carbons (Fsp3) is 0.0909. The van der Waals surface area contributed by atoms with Gasteiger partial charge in [-0.3, -0.25) is 4.79 Å². The van der Waals surface area contributed by atoms with E-state index in [4.69, 9.17) is 0 Å². The molecular formula is C22H18IN3O. The molecule has 5 heteroatoms. The average Bonchev–Trinajstić information content (AvgIpc) is 3.01. The topological polar surface area (TPSA) is 46.4 Å². The van der Waals surface area contributed by atoms with Gasteiger partial charge in [-0.25, -0.2) is 5.43 Å². The Morgan fingerprint density at radius 3 is 2.67 bits per heavy atom. The van der Waals surface area contributed by atoms with Crippen LogP contribution in [-0.4, -0.2) is 16.7 Å². The molecule has 134 valence electrons. The molecule has 1 N–H and O–H groups in total. The lowest BCUT2D eigenvalue weighted by Crippen LogP contribution is -2.17. The van der Waals surface area contributed by atoms with E-state index in [1.807, 2.05) is 24.3 Å². The maximum Gasteiger partial charge on any atom is 0.271 e. The first-order valence-electron chi connectivity index (χ1n) is 8.77. The van der Waals surface area contributed by atoms with Crippen LogP contribution in [0.4, 0.5) is 0 Å². The predicted octanol–water partition coefficient (Wildman–Crippen LogP) is 5.18. The van der Waals surface area contributed by atoms with Gasteiger partial charge in [0.2, 0.25) is 0 Å². The minimum Gasteiger partial charge on any atom is -0.341 e. The van der Waals surface area contributed by atoms with E-state index < -0.39 is 0 Å². The lowest BCUT2D eigenvalue weighted by molar-refractivity contribution is 0.0955. The van der Waals surface area contributed by atoms with E-state index in [1.54, 1.807) is 12.3 Å². The molecule has 4 aromatic rings. The van der Waals surface area contributed by atoms with E-state index >= 15 is 0 Å². The zero-order chi connectivity index (χ0) is 18.8. The molecule has 0 bridgehead atoms. The van der Waals surface area contributed by atoms with Crippen molar-refractivity contribution in [2.24, 2.45) is 5.10 Å². The Morgan fingerprint density at radius 1 is 1.04 bits per heavy atom. The number of aryl methyl sites for hydroxylation is 1. The third-order valence-corrected chi connectivity index (χ3v) is 5.25. The van der Waals surface area contributed by atoms with Crippen LogP contribution in [0.15, 0.2) is 71.8 Å². The number of amides is 1. The average molecular weight is 467 g/mol. The Hall–Kier alpha value is -2.67. The summed E-state index contributed by atoms with van der Waals surface area (Å²) in [6.07, 6.45) is 1.68. The van der Waals surface area contributed by atoms with Gasteiger partial charge < -0.3 is 4.57 Å². The van der Waals surface area contributed by atoms with Gasteiger partial charge in [-0.2, -0.15) is 5.10 Å². The van der Waals surface area contributed by atoms with Crippen molar-refractivity contribution in [3.05, 3.63) is 81.4 Å². The van der Waals surface area contributed by atoms with Crippen LogP contribution in [0.25, 0.3) is 21.8 Å². The summed E-state index contributed by atoms with van der Waals surface area (Å²) in [6, 6.07) is 22.1. The fourth-order valence-electron chi connectivity index (χ4n) is 3.35. The number of rotatable bonds is 4. The van der Waals surface area contributed by atoms with E-state index in [0.717, 1.165) is 15.7 Å². The Balaban J connectivity index is 1.62. The molecule has 0 radical (unpaired) electrons. The first kappa shape index (κ1) is 17.7. The second kappa shape index (κ2) is 7.52. The Labute approximate surface area is 171 Å². The molecule has 27 heavy (non-hydrogen) atoms. The van der Waals surface area contributed by atoms with Gasteiger partial charge in [-0.15, -0.1) is 0 Å². The zero-order valence-corrected chi connectivity index (χ0v) is 17.0. The smallest absolute Gasteiger partial charge is 0.271 e. The van der Waals surface area contributed by atoms with E-state index in [0.29, 0.717) is 5.56 Å². The Kier molecular flexibility index (Phi) is 4.94. The number of hydrogen-bond donors (Lipinski definition) is 1. The van der Waals surface area contributed by atoms with Crippen molar-refractivity contribution in [3.8, 4) is 0 Å². The van der Waals surface area contributed by atoms with Crippen molar-refractivity contribution in [2.45, 2.75) is 13.5 Å². The van der Waals surface area contributed by atoms with Crippen LogP contribution in [-0.2, 0) is 6.54 Å². The SMILES string of the molecule is CCn1c2ccccc2c2cc(/C=N\NC(=O)c3cccc(I)c3)ccc21. The molecule has 0 aliphatic rings. The summed E-state index contributed by atoms with van der Waals surface area (Å²) in [5.74, 6) is -0.214. The Morgan fingerprint density at radius 2 is 1.85 bits per heavy atom. The monoisotopic (exact) mass is 467 g/mol. The molecule has 0 fully saturated rings. The van der Waals surface area contributed by atoms with E-state index in [1.165, 1.54) is 21.8 Å². The largest absolute Gasteiger partial charge is 0.341 e. The third kappa shape index (κ3) is 3.47. The lowest BCUT2D eigenvalue weighted by atomic mass is 10.1. The first-order valence-corrected chi connectivity index (χ1v) is 9.85. The van der Waals surface area contributed by atoms with Gasteiger partial charge in [0, 0.05) is 37.5 Å². The first-order chi connectivity index (χ1) is 13.2. The molecule has 1 heterocycles. The zero-order valence-electron chi connectivity index (χ0n) is 14.8. The van der Waals surface area contributed by atoms with Gasteiger partial charge >= 0.3 is 0 Å². The number of nitrogens with zero attached hydrogens (tertiary/aromatic N) is 2. The molecule has 1 amide bonds. The molecule has 0 aliphatic heterocycles. The highest BCUT2D eigenvalue weighted by Gasteiger charge is 2.09. The molecule has 0 aliphatic carbocycles. The number of para-hydroxylation sites is 1. The van der Waals surface area contributed by atoms with Crippen molar-refractivity contribution >= 4 is 56.5 Å². The standard InChI is InChI=1S/C22H18IN3O/c1-2-26-20-9-4-3-8-18(20)19-12-15(10-11-21(19)26)14-24-25-22(27)16-6-5-7-17(23)13-16/h3-14H,2H2,1H3,(H,25,27)/b24-14-. The van der Waals surface area contributed by atoms with Gasteiger partial charge in [-0.05, 0) is 71.5 Å². The molecule has 0 unspecified atom stereocenters. The highest BCUT2D eigenvalue weighted by molar-refractivity contribution is 14.1. The lowest BCUT2D eigenvalue weighted by Gasteiger charge is -2.03. The third-order valence-electron chi connectivity index (χ3n) is 4.58. The maximum atomic E-state index is 12.2. The van der Waals surface area contributed by atoms with Crippen molar-refractivity contribution < 1.29 is 4.79 Å². The fourth-order valence-corrected chi connectivity index (χ4v) is 3.90. The number of aromatic nitrogens is 1.